The molecule has 1 fully saturated rings. The summed E-state index contributed by atoms with van der Waals surface area (Å²) in [5, 5.41) is 4.93. The van der Waals surface area contributed by atoms with Crippen molar-refractivity contribution in [2.24, 2.45) is 0 Å². The average molecular weight is 411 g/mol. The number of nitrogens with zero attached hydrogens (tertiary/aromatic N) is 6. The lowest BCUT2D eigenvalue weighted by Gasteiger charge is -2.37. The maximum absolute atomic E-state index is 4.93. The van der Waals surface area contributed by atoms with Gasteiger partial charge in [0, 0.05) is 43.0 Å². The predicted octanol–water partition coefficient (Wildman–Crippen LogP) is 3.92. The zero-order valence-corrected chi connectivity index (χ0v) is 17.8. The topological polar surface area (TPSA) is 49.6 Å². The maximum atomic E-state index is 4.93. The molecule has 31 heavy (non-hydrogen) atoms. The first-order valence-electron chi connectivity index (χ1n) is 11.2. The summed E-state index contributed by atoms with van der Waals surface area (Å²) in [6, 6.07) is 19.1. The Hall–Kier alpha value is -3.41. The van der Waals surface area contributed by atoms with E-state index in [1.165, 1.54) is 28.3 Å². The number of aromatic nitrogens is 4. The first kappa shape index (κ1) is 18.4. The van der Waals surface area contributed by atoms with Crippen molar-refractivity contribution in [3.05, 3.63) is 71.4 Å². The van der Waals surface area contributed by atoms with E-state index in [4.69, 9.17) is 15.1 Å². The molecule has 0 radical (unpaired) electrons. The molecule has 0 amide bonds. The van der Waals surface area contributed by atoms with Crippen LogP contribution >= 0.6 is 0 Å². The van der Waals surface area contributed by atoms with Gasteiger partial charge in [-0.3, -0.25) is 0 Å². The Labute approximate surface area is 182 Å². The summed E-state index contributed by atoms with van der Waals surface area (Å²) < 4.78 is 2.00. The van der Waals surface area contributed by atoms with Gasteiger partial charge in [-0.15, -0.1) is 5.10 Å². The summed E-state index contributed by atoms with van der Waals surface area (Å²) >= 11 is 0. The van der Waals surface area contributed by atoms with Crippen LogP contribution in [0.5, 0.6) is 0 Å². The van der Waals surface area contributed by atoms with Crippen LogP contribution in [0.1, 0.15) is 23.2 Å². The summed E-state index contributed by atoms with van der Waals surface area (Å²) in [5.41, 5.74) is 6.14. The van der Waals surface area contributed by atoms with Crippen molar-refractivity contribution in [1.29, 1.82) is 0 Å². The zero-order chi connectivity index (χ0) is 20.8. The lowest BCUT2D eigenvalue weighted by atomic mass is 10.1. The molecule has 0 N–H and O–H groups in total. The van der Waals surface area contributed by atoms with E-state index in [9.17, 15) is 0 Å². The molecule has 6 heteroatoms. The van der Waals surface area contributed by atoms with Crippen molar-refractivity contribution in [2.45, 2.75) is 26.2 Å². The summed E-state index contributed by atoms with van der Waals surface area (Å²) in [4.78, 5) is 14.7. The first-order chi connectivity index (χ1) is 15.3. The van der Waals surface area contributed by atoms with Gasteiger partial charge in [0.05, 0.1) is 5.69 Å². The molecular weight excluding hydrogens is 384 g/mol. The number of anilines is 2. The summed E-state index contributed by atoms with van der Waals surface area (Å²) in [5.74, 6) is 2.67. The van der Waals surface area contributed by atoms with Crippen molar-refractivity contribution < 1.29 is 0 Å². The minimum absolute atomic E-state index is 0.719. The Morgan fingerprint density at radius 1 is 0.774 bits per heavy atom. The second-order valence-corrected chi connectivity index (χ2v) is 8.54. The molecule has 0 bridgehead atoms. The minimum atomic E-state index is 0.719. The van der Waals surface area contributed by atoms with Gasteiger partial charge in [-0.25, -0.2) is 4.98 Å². The Bertz CT molecular complexity index is 1220. The smallest absolute Gasteiger partial charge is 0.254 e. The van der Waals surface area contributed by atoms with Crippen LogP contribution in [0.3, 0.4) is 0 Å². The fourth-order valence-electron chi connectivity index (χ4n) is 4.82. The van der Waals surface area contributed by atoms with Gasteiger partial charge in [0.1, 0.15) is 5.82 Å². The molecule has 2 aliphatic rings. The highest BCUT2D eigenvalue weighted by Crippen LogP contribution is 2.32. The Morgan fingerprint density at radius 3 is 2.29 bits per heavy atom. The summed E-state index contributed by atoms with van der Waals surface area (Å²) in [6.07, 6.45) is 3.28. The van der Waals surface area contributed by atoms with E-state index in [1.54, 1.807) is 0 Å². The molecule has 6 nitrogen and oxygen atoms in total. The molecule has 1 saturated heterocycles. The molecule has 1 aliphatic heterocycles. The standard InChI is InChI=1S/C25H26N6/c1-18-10-12-19(13-11-18)23-27-25-26-22-9-5-8-21(22)24(31(25)28-23)30-16-14-29(15-17-30)20-6-3-2-4-7-20/h2-4,6-7,10-13H,5,8-9,14-17H2,1H3. The minimum Gasteiger partial charge on any atom is -0.368 e. The molecule has 0 atom stereocenters. The lowest BCUT2D eigenvalue weighted by molar-refractivity contribution is 0.636. The van der Waals surface area contributed by atoms with Gasteiger partial charge in [0.2, 0.25) is 0 Å². The molecule has 0 saturated carbocycles. The molecule has 4 aromatic rings. The van der Waals surface area contributed by atoms with Crippen LogP contribution in [0.25, 0.3) is 17.2 Å². The SMILES string of the molecule is Cc1ccc(-c2nc3nc4c(c(N5CCN(c6ccccc6)CC5)n3n2)CCC4)cc1. The Morgan fingerprint density at radius 2 is 1.52 bits per heavy atom. The second kappa shape index (κ2) is 7.38. The number of para-hydroxylation sites is 1. The van der Waals surface area contributed by atoms with Crippen LogP contribution in [0.15, 0.2) is 54.6 Å². The Balaban J connectivity index is 1.37. The van der Waals surface area contributed by atoms with Gasteiger partial charge < -0.3 is 9.80 Å². The fraction of sp³-hybridized carbons (Fsp3) is 0.320. The van der Waals surface area contributed by atoms with Gasteiger partial charge in [0.25, 0.3) is 5.78 Å². The quantitative estimate of drug-likeness (QED) is 0.512. The molecule has 2 aromatic carbocycles. The van der Waals surface area contributed by atoms with E-state index in [1.807, 2.05) is 4.52 Å². The molecular formula is C25H26N6. The van der Waals surface area contributed by atoms with E-state index in [2.05, 4.69) is 71.3 Å². The van der Waals surface area contributed by atoms with Gasteiger partial charge in [-0.05, 0) is 38.3 Å². The molecule has 156 valence electrons. The number of rotatable bonds is 3. The van der Waals surface area contributed by atoms with E-state index in [0.29, 0.717) is 0 Å². The van der Waals surface area contributed by atoms with Crippen molar-refractivity contribution in [1.82, 2.24) is 19.6 Å². The molecule has 1 aliphatic carbocycles. The Kier molecular flexibility index (Phi) is 4.37. The third-order valence-corrected chi connectivity index (χ3v) is 6.49. The monoisotopic (exact) mass is 410 g/mol. The van der Waals surface area contributed by atoms with Gasteiger partial charge >= 0.3 is 0 Å². The highest BCUT2D eigenvalue weighted by Gasteiger charge is 2.28. The summed E-state index contributed by atoms with van der Waals surface area (Å²) in [6.45, 7) is 6.05. The number of aryl methyl sites for hydroxylation is 2. The summed E-state index contributed by atoms with van der Waals surface area (Å²) in [7, 11) is 0. The van der Waals surface area contributed by atoms with Crippen LogP contribution in [0.4, 0.5) is 11.5 Å². The molecule has 6 rings (SSSR count). The first-order valence-corrected chi connectivity index (χ1v) is 11.2. The normalized spacial score (nSPS) is 16.2. The van der Waals surface area contributed by atoms with E-state index in [-0.39, 0.29) is 0 Å². The highest BCUT2D eigenvalue weighted by atomic mass is 15.4. The fourth-order valence-corrected chi connectivity index (χ4v) is 4.82. The van der Waals surface area contributed by atoms with E-state index >= 15 is 0 Å². The third-order valence-electron chi connectivity index (χ3n) is 6.49. The molecule has 3 heterocycles. The molecule has 2 aromatic heterocycles. The number of hydrogen-bond donors (Lipinski definition) is 0. The number of hydrogen-bond acceptors (Lipinski definition) is 5. The van der Waals surface area contributed by atoms with Crippen molar-refractivity contribution in [3.63, 3.8) is 0 Å². The number of fused-ring (bicyclic) bond motifs is 2. The maximum Gasteiger partial charge on any atom is 0.254 e. The largest absolute Gasteiger partial charge is 0.368 e. The van der Waals surface area contributed by atoms with Crippen molar-refractivity contribution >= 4 is 17.3 Å². The van der Waals surface area contributed by atoms with Crippen LogP contribution in [0.2, 0.25) is 0 Å². The van der Waals surface area contributed by atoms with E-state index < -0.39 is 0 Å². The average Bonchev–Trinajstić information content (AvgIpc) is 3.45. The van der Waals surface area contributed by atoms with Crippen molar-refractivity contribution in [2.75, 3.05) is 36.0 Å². The third kappa shape index (κ3) is 3.23. The van der Waals surface area contributed by atoms with Crippen LogP contribution in [0, 0.1) is 6.92 Å². The predicted molar refractivity (Wildman–Crippen MR) is 124 cm³/mol. The van der Waals surface area contributed by atoms with Gasteiger partial charge in [-0.1, -0.05) is 48.0 Å². The molecule has 0 spiro atoms. The van der Waals surface area contributed by atoms with Gasteiger partial charge in [-0.2, -0.15) is 9.50 Å². The van der Waals surface area contributed by atoms with Crippen LogP contribution in [-0.2, 0) is 12.8 Å². The highest BCUT2D eigenvalue weighted by molar-refractivity contribution is 5.62. The van der Waals surface area contributed by atoms with Crippen LogP contribution < -0.4 is 9.80 Å². The molecule has 0 unspecified atom stereocenters. The lowest BCUT2D eigenvalue weighted by Crippen LogP contribution is -2.47. The zero-order valence-electron chi connectivity index (χ0n) is 17.8. The number of benzene rings is 2. The number of piperazine rings is 1. The van der Waals surface area contributed by atoms with Crippen LogP contribution in [-0.4, -0.2) is 45.8 Å². The second-order valence-electron chi connectivity index (χ2n) is 8.54. The van der Waals surface area contributed by atoms with E-state index in [0.717, 1.165) is 62.6 Å². The van der Waals surface area contributed by atoms with Crippen molar-refractivity contribution in [3.8, 4) is 11.4 Å². The van der Waals surface area contributed by atoms with Gasteiger partial charge in [0.15, 0.2) is 5.82 Å².